The molecule has 0 unspecified atom stereocenters. The molecule has 0 aromatic heterocycles. The van der Waals surface area contributed by atoms with E-state index in [1.165, 1.54) is 0 Å². The lowest BCUT2D eigenvalue weighted by Crippen LogP contribution is -2.30. The van der Waals surface area contributed by atoms with Crippen molar-refractivity contribution in [2.75, 3.05) is 32.7 Å². The Morgan fingerprint density at radius 2 is 1.81 bits per heavy atom. The van der Waals surface area contributed by atoms with Crippen LogP contribution in [0.15, 0.2) is 0 Å². The molecule has 0 aliphatic heterocycles. The zero-order chi connectivity index (χ0) is 10.8. The van der Waals surface area contributed by atoms with E-state index in [2.05, 4.69) is 24.1 Å². The van der Waals surface area contributed by atoms with Crippen LogP contribution in [0.1, 0.15) is 26.7 Å². The molecule has 0 heterocycles. The third kappa shape index (κ3) is 12.0. The first-order valence-corrected chi connectivity index (χ1v) is 5.43. The van der Waals surface area contributed by atoms with Crippen LogP contribution in [0.3, 0.4) is 0 Å². The van der Waals surface area contributed by atoms with Gasteiger partial charge >= 0.3 is 0 Å². The summed E-state index contributed by atoms with van der Waals surface area (Å²) in [7, 11) is 0. The van der Waals surface area contributed by atoms with Gasteiger partial charge < -0.3 is 16.0 Å². The molecule has 0 atom stereocenters. The summed E-state index contributed by atoms with van der Waals surface area (Å²) < 4.78 is 0. The van der Waals surface area contributed by atoms with E-state index in [4.69, 9.17) is 5.73 Å². The van der Waals surface area contributed by atoms with E-state index in [-0.39, 0.29) is 30.7 Å². The van der Waals surface area contributed by atoms with Gasteiger partial charge in [-0.05, 0) is 26.1 Å². The van der Waals surface area contributed by atoms with E-state index in [1.807, 2.05) is 0 Å². The van der Waals surface area contributed by atoms with Gasteiger partial charge in [-0.2, -0.15) is 0 Å². The van der Waals surface area contributed by atoms with Crippen molar-refractivity contribution in [2.24, 2.45) is 5.73 Å². The van der Waals surface area contributed by atoms with E-state index in [0.29, 0.717) is 13.0 Å². The second kappa shape index (κ2) is 15.0. The molecule has 0 saturated heterocycles. The average Bonchev–Trinajstić information content (AvgIpc) is 2.19. The summed E-state index contributed by atoms with van der Waals surface area (Å²) in [6.45, 7) is 8.70. The number of nitrogens with zero attached hydrogens (tertiary/aromatic N) is 1. The van der Waals surface area contributed by atoms with Gasteiger partial charge in [-0.3, -0.25) is 4.79 Å². The minimum absolute atomic E-state index is 0. The Kier molecular flexibility index (Phi) is 19.9. The van der Waals surface area contributed by atoms with Crippen molar-refractivity contribution in [3.63, 3.8) is 0 Å². The highest BCUT2D eigenvalue weighted by molar-refractivity contribution is 5.85. The van der Waals surface area contributed by atoms with Gasteiger partial charge in [0.15, 0.2) is 0 Å². The first kappa shape index (κ1) is 21.3. The smallest absolute Gasteiger partial charge is 0.221 e. The zero-order valence-electron chi connectivity index (χ0n) is 10.2. The highest BCUT2D eigenvalue weighted by Crippen LogP contribution is 1.89. The Labute approximate surface area is 111 Å². The lowest BCUT2D eigenvalue weighted by atomic mass is 10.3. The fraction of sp³-hybridized carbons (Fsp3) is 0.900. The maximum absolute atomic E-state index is 11.0. The van der Waals surface area contributed by atoms with E-state index >= 15 is 0 Å². The lowest BCUT2D eigenvalue weighted by Gasteiger charge is -2.17. The van der Waals surface area contributed by atoms with Crippen LogP contribution in [0.5, 0.6) is 0 Å². The molecule has 0 rings (SSSR count). The molecule has 0 bridgehead atoms. The monoisotopic (exact) mass is 273 g/mol. The van der Waals surface area contributed by atoms with Crippen LogP contribution < -0.4 is 11.1 Å². The van der Waals surface area contributed by atoms with Gasteiger partial charge in [0.05, 0.1) is 0 Å². The molecule has 100 valence electrons. The fourth-order valence-electron chi connectivity index (χ4n) is 1.29. The van der Waals surface area contributed by atoms with Crippen LogP contribution in [0.2, 0.25) is 0 Å². The molecule has 3 N–H and O–H groups in total. The largest absolute Gasteiger partial charge is 0.356 e. The van der Waals surface area contributed by atoms with E-state index in [0.717, 1.165) is 32.6 Å². The number of halogens is 2. The molecule has 0 aliphatic carbocycles. The fourth-order valence-corrected chi connectivity index (χ4v) is 1.29. The quantitative estimate of drug-likeness (QED) is 0.650. The highest BCUT2D eigenvalue weighted by Gasteiger charge is 2.00. The van der Waals surface area contributed by atoms with Gasteiger partial charge in [-0.15, -0.1) is 24.8 Å². The Morgan fingerprint density at radius 3 is 2.25 bits per heavy atom. The first-order valence-electron chi connectivity index (χ1n) is 5.43. The second-order valence-electron chi connectivity index (χ2n) is 3.27. The van der Waals surface area contributed by atoms with Crippen molar-refractivity contribution in [3.8, 4) is 0 Å². The summed E-state index contributed by atoms with van der Waals surface area (Å²) in [5, 5.41) is 2.84. The molecular formula is C10H25Cl2N3O. The number of nitrogens with one attached hydrogen (secondary N) is 1. The lowest BCUT2D eigenvalue weighted by molar-refractivity contribution is -0.120. The molecular weight excluding hydrogens is 249 g/mol. The second-order valence-corrected chi connectivity index (χ2v) is 3.27. The van der Waals surface area contributed by atoms with Crippen molar-refractivity contribution in [1.29, 1.82) is 0 Å². The summed E-state index contributed by atoms with van der Waals surface area (Å²) in [6.07, 6.45) is 1.45. The number of carbonyl (C=O) groups is 1. The third-order valence-corrected chi connectivity index (χ3v) is 2.24. The molecule has 0 aromatic carbocycles. The van der Waals surface area contributed by atoms with Crippen LogP contribution in [0, 0.1) is 0 Å². The van der Waals surface area contributed by atoms with Crippen LogP contribution >= 0.6 is 24.8 Å². The summed E-state index contributed by atoms with van der Waals surface area (Å²) in [6, 6.07) is 0. The molecule has 1 amide bonds. The van der Waals surface area contributed by atoms with E-state index in [9.17, 15) is 4.79 Å². The van der Waals surface area contributed by atoms with Gasteiger partial charge in [0, 0.05) is 19.5 Å². The maximum atomic E-state index is 11.0. The number of carbonyl (C=O) groups excluding carboxylic acids is 1. The van der Waals surface area contributed by atoms with E-state index < -0.39 is 0 Å². The van der Waals surface area contributed by atoms with Crippen molar-refractivity contribution in [1.82, 2.24) is 10.2 Å². The molecule has 0 radical (unpaired) electrons. The standard InChI is InChI=1S/C10H23N3O.2ClH/c1-3-13(4-2)9-5-8-12-10(14)6-7-11;;/h3-9,11H2,1-2H3,(H,12,14);2*1H. The van der Waals surface area contributed by atoms with Gasteiger partial charge in [-0.25, -0.2) is 0 Å². The topological polar surface area (TPSA) is 58.4 Å². The third-order valence-electron chi connectivity index (χ3n) is 2.24. The van der Waals surface area contributed by atoms with Crippen LogP contribution in [-0.4, -0.2) is 43.5 Å². The molecule has 0 saturated carbocycles. The predicted molar refractivity (Wildman–Crippen MR) is 73.6 cm³/mol. The van der Waals surface area contributed by atoms with Crippen LogP contribution in [0.25, 0.3) is 0 Å². The number of rotatable bonds is 8. The molecule has 0 spiro atoms. The Bertz CT molecular complexity index is 155. The maximum Gasteiger partial charge on any atom is 0.221 e. The van der Waals surface area contributed by atoms with Gasteiger partial charge in [-0.1, -0.05) is 13.8 Å². The molecule has 0 fully saturated rings. The van der Waals surface area contributed by atoms with Crippen molar-refractivity contribution >= 4 is 30.7 Å². The highest BCUT2D eigenvalue weighted by atomic mass is 35.5. The van der Waals surface area contributed by atoms with Crippen LogP contribution in [-0.2, 0) is 4.79 Å². The average molecular weight is 274 g/mol. The zero-order valence-corrected chi connectivity index (χ0v) is 11.8. The van der Waals surface area contributed by atoms with Gasteiger partial charge in [0.25, 0.3) is 0 Å². The number of hydrogen-bond acceptors (Lipinski definition) is 3. The van der Waals surface area contributed by atoms with Gasteiger partial charge in [0.2, 0.25) is 5.91 Å². The Hall–Kier alpha value is -0.0300. The summed E-state index contributed by atoms with van der Waals surface area (Å²) in [4.78, 5) is 13.4. The van der Waals surface area contributed by atoms with Crippen molar-refractivity contribution in [2.45, 2.75) is 26.7 Å². The van der Waals surface area contributed by atoms with Crippen molar-refractivity contribution in [3.05, 3.63) is 0 Å². The summed E-state index contributed by atoms with van der Waals surface area (Å²) in [5.74, 6) is 0.0621. The van der Waals surface area contributed by atoms with Gasteiger partial charge in [0.1, 0.15) is 0 Å². The summed E-state index contributed by atoms with van der Waals surface area (Å²) in [5.41, 5.74) is 5.26. The van der Waals surface area contributed by atoms with Crippen molar-refractivity contribution < 1.29 is 4.79 Å². The molecule has 0 aliphatic rings. The number of nitrogens with two attached hydrogens (primary N) is 1. The minimum atomic E-state index is 0. The Morgan fingerprint density at radius 1 is 1.25 bits per heavy atom. The molecule has 4 nitrogen and oxygen atoms in total. The SMILES string of the molecule is CCN(CC)CCCNC(=O)CCN.Cl.Cl. The predicted octanol–water partition coefficient (Wildman–Crippen LogP) is 1.03. The summed E-state index contributed by atoms with van der Waals surface area (Å²) >= 11 is 0. The van der Waals surface area contributed by atoms with Crippen LogP contribution in [0.4, 0.5) is 0 Å². The molecule has 16 heavy (non-hydrogen) atoms. The number of amides is 1. The van der Waals surface area contributed by atoms with E-state index in [1.54, 1.807) is 0 Å². The normalized spacial score (nSPS) is 9.25. The Balaban J connectivity index is -0.000000845. The first-order chi connectivity index (χ1) is 6.74. The number of hydrogen-bond donors (Lipinski definition) is 2. The minimum Gasteiger partial charge on any atom is -0.356 e. The molecule has 0 aromatic rings. The molecule has 6 heteroatoms.